The van der Waals surface area contributed by atoms with E-state index in [1.165, 1.54) is 10.6 Å². The SMILES string of the molecule is N#Cc1ccc(CN2CCC(NC(=O)c3cc4cc(N(Oc5ccc(C#N)cc5)C(=O)C5CCCCC5)ccc4o3)CC2)cc1. The Balaban J connectivity index is 1.12. The zero-order valence-electron chi connectivity index (χ0n) is 25.1. The smallest absolute Gasteiger partial charge is 0.287 e. The zero-order valence-corrected chi connectivity index (χ0v) is 25.1. The summed E-state index contributed by atoms with van der Waals surface area (Å²) in [6, 6.07) is 25.6. The lowest BCUT2D eigenvalue weighted by Crippen LogP contribution is -2.44. The molecular formula is C36H35N5O4. The van der Waals surface area contributed by atoms with Crippen molar-refractivity contribution in [2.24, 2.45) is 5.92 Å². The van der Waals surface area contributed by atoms with Gasteiger partial charge in [-0.2, -0.15) is 10.5 Å². The third kappa shape index (κ3) is 7.17. The number of nitriles is 2. The van der Waals surface area contributed by atoms with Gasteiger partial charge < -0.3 is 14.6 Å². The molecule has 1 N–H and O–H groups in total. The van der Waals surface area contributed by atoms with Gasteiger partial charge in [0, 0.05) is 37.0 Å². The standard InChI is InChI=1S/C36H35N5O4/c37-22-25-6-8-27(9-7-25)24-40-18-16-30(17-19-40)39-35(42)34-21-29-20-31(12-15-33(29)44-34)41(36(43)28-4-2-1-3-5-28)45-32-13-10-26(23-38)11-14-32/h6-15,20-21,28,30H,1-5,16-19,24H2,(H,39,42). The maximum absolute atomic E-state index is 13.7. The number of anilines is 1. The Morgan fingerprint density at radius 3 is 2.20 bits per heavy atom. The molecule has 0 spiro atoms. The molecule has 0 bridgehead atoms. The molecule has 1 aliphatic heterocycles. The number of carbonyl (C=O) groups is 2. The van der Waals surface area contributed by atoms with E-state index in [1.54, 1.807) is 42.5 Å². The van der Waals surface area contributed by atoms with Crippen LogP contribution in [0, 0.1) is 28.6 Å². The van der Waals surface area contributed by atoms with Crippen LogP contribution >= 0.6 is 0 Å². The molecule has 2 fully saturated rings. The summed E-state index contributed by atoms with van der Waals surface area (Å²) in [5.74, 6) is 0.176. The summed E-state index contributed by atoms with van der Waals surface area (Å²) in [5, 5.41) is 23.3. The van der Waals surface area contributed by atoms with Gasteiger partial charge in [0.25, 0.3) is 11.8 Å². The fourth-order valence-electron chi connectivity index (χ4n) is 6.14. The summed E-state index contributed by atoms with van der Waals surface area (Å²) < 4.78 is 5.93. The third-order valence-corrected chi connectivity index (χ3v) is 8.70. The number of nitrogens with one attached hydrogen (secondary N) is 1. The highest BCUT2D eigenvalue weighted by Crippen LogP contribution is 2.31. The molecule has 9 nitrogen and oxygen atoms in total. The molecule has 0 radical (unpaired) electrons. The Labute approximate surface area is 262 Å². The van der Waals surface area contributed by atoms with Crippen molar-refractivity contribution in [2.45, 2.75) is 57.5 Å². The number of benzene rings is 3. The van der Waals surface area contributed by atoms with Crippen LogP contribution in [-0.2, 0) is 11.3 Å². The van der Waals surface area contributed by atoms with Gasteiger partial charge in [-0.3, -0.25) is 14.5 Å². The lowest BCUT2D eigenvalue weighted by Gasteiger charge is -2.32. The van der Waals surface area contributed by atoms with E-state index < -0.39 is 0 Å². The fraction of sp³-hybridized carbons (Fsp3) is 0.333. The molecule has 2 amide bonds. The van der Waals surface area contributed by atoms with Gasteiger partial charge in [-0.15, -0.1) is 5.06 Å². The van der Waals surface area contributed by atoms with Gasteiger partial charge in [0.15, 0.2) is 11.5 Å². The van der Waals surface area contributed by atoms with Gasteiger partial charge in [0.1, 0.15) is 5.58 Å². The minimum Gasteiger partial charge on any atom is -0.451 e. The molecule has 1 aromatic heterocycles. The van der Waals surface area contributed by atoms with Gasteiger partial charge >= 0.3 is 0 Å². The summed E-state index contributed by atoms with van der Waals surface area (Å²) >= 11 is 0. The first-order valence-electron chi connectivity index (χ1n) is 15.6. The van der Waals surface area contributed by atoms with Crippen molar-refractivity contribution >= 4 is 28.5 Å². The predicted molar refractivity (Wildman–Crippen MR) is 169 cm³/mol. The summed E-state index contributed by atoms with van der Waals surface area (Å²) in [7, 11) is 0. The van der Waals surface area contributed by atoms with Crippen LogP contribution in [0.4, 0.5) is 5.69 Å². The first-order chi connectivity index (χ1) is 22.0. The number of hydrogen-bond acceptors (Lipinski definition) is 7. The second kappa shape index (κ2) is 13.7. The number of nitrogens with zero attached hydrogens (tertiary/aromatic N) is 4. The van der Waals surface area contributed by atoms with Crippen LogP contribution in [0.1, 0.15) is 72.2 Å². The van der Waals surface area contributed by atoms with E-state index in [2.05, 4.69) is 22.4 Å². The van der Waals surface area contributed by atoms with Gasteiger partial charge in [0.05, 0.1) is 29.0 Å². The zero-order chi connectivity index (χ0) is 31.2. The molecule has 228 valence electrons. The van der Waals surface area contributed by atoms with Crippen LogP contribution < -0.4 is 15.2 Å². The van der Waals surface area contributed by atoms with Gasteiger partial charge in [-0.05, 0) is 91.9 Å². The number of hydroxylamine groups is 1. The average Bonchev–Trinajstić information content (AvgIpc) is 3.53. The topological polar surface area (TPSA) is 123 Å². The monoisotopic (exact) mass is 601 g/mol. The fourth-order valence-corrected chi connectivity index (χ4v) is 6.14. The van der Waals surface area contributed by atoms with Crippen molar-refractivity contribution in [3.63, 3.8) is 0 Å². The van der Waals surface area contributed by atoms with Gasteiger partial charge in [-0.25, -0.2) is 0 Å². The molecule has 9 heteroatoms. The van der Waals surface area contributed by atoms with E-state index in [1.807, 2.05) is 30.3 Å². The molecule has 0 atom stereocenters. The highest BCUT2D eigenvalue weighted by molar-refractivity contribution is 5.99. The molecule has 0 unspecified atom stereocenters. The molecule has 4 aromatic rings. The minimum absolute atomic E-state index is 0.0444. The van der Waals surface area contributed by atoms with E-state index in [-0.39, 0.29) is 29.5 Å². The quantitative estimate of drug-likeness (QED) is 0.229. The lowest BCUT2D eigenvalue weighted by molar-refractivity contribution is -0.127. The van der Waals surface area contributed by atoms with Crippen LogP contribution in [0.5, 0.6) is 5.75 Å². The Hall–Kier alpha value is -5.12. The molecule has 3 aromatic carbocycles. The van der Waals surface area contributed by atoms with E-state index in [0.29, 0.717) is 33.5 Å². The lowest BCUT2D eigenvalue weighted by atomic mass is 9.88. The van der Waals surface area contributed by atoms with E-state index in [9.17, 15) is 9.59 Å². The second-order valence-electron chi connectivity index (χ2n) is 11.9. The molecule has 45 heavy (non-hydrogen) atoms. The summed E-state index contributed by atoms with van der Waals surface area (Å²) in [6.45, 7) is 2.53. The van der Waals surface area contributed by atoms with Crippen LogP contribution in [-0.4, -0.2) is 35.8 Å². The Kier molecular flexibility index (Phi) is 9.09. The maximum atomic E-state index is 13.7. The molecule has 1 saturated carbocycles. The summed E-state index contributed by atoms with van der Waals surface area (Å²) in [4.78, 5) is 35.4. The number of amides is 2. The summed E-state index contributed by atoms with van der Waals surface area (Å²) in [5.41, 5.74) is 3.42. The van der Waals surface area contributed by atoms with Crippen LogP contribution in [0.2, 0.25) is 0 Å². The number of furan rings is 1. The number of piperidine rings is 1. The first kappa shape index (κ1) is 29.9. The van der Waals surface area contributed by atoms with Gasteiger partial charge in [0.2, 0.25) is 0 Å². The highest BCUT2D eigenvalue weighted by atomic mass is 16.7. The molecule has 1 saturated heterocycles. The van der Waals surface area contributed by atoms with Crippen molar-refractivity contribution in [1.29, 1.82) is 10.5 Å². The normalized spacial score (nSPS) is 16.0. The number of rotatable bonds is 8. The van der Waals surface area contributed by atoms with Crippen molar-refractivity contribution in [3.8, 4) is 17.9 Å². The van der Waals surface area contributed by atoms with Crippen LogP contribution in [0.3, 0.4) is 0 Å². The van der Waals surface area contributed by atoms with Crippen molar-refractivity contribution in [1.82, 2.24) is 10.2 Å². The number of fused-ring (bicyclic) bond motifs is 1. The Bertz CT molecular complexity index is 1740. The largest absolute Gasteiger partial charge is 0.451 e. The molecule has 2 aliphatic rings. The number of likely N-dealkylation sites (tertiary alicyclic amines) is 1. The Morgan fingerprint density at radius 2 is 1.53 bits per heavy atom. The van der Waals surface area contributed by atoms with E-state index in [0.717, 1.165) is 64.6 Å². The van der Waals surface area contributed by atoms with Crippen molar-refractivity contribution in [3.05, 3.63) is 95.2 Å². The predicted octanol–water partition coefficient (Wildman–Crippen LogP) is 6.48. The first-order valence-corrected chi connectivity index (χ1v) is 15.6. The second-order valence-corrected chi connectivity index (χ2v) is 11.9. The van der Waals surface area contributed by atoms with Crippen LogP contribution in [0.25, 0.3) is 11.0 Å². The van der Waals surface area contributed by atoms with E-state index in [4.69, 9.17) is 19.8 Å². The molecule has 6 rings (SSSR count). The molecule has 1 aliphatic carbocycles. The van der Waals surface area contributed by atoms with Crippen molar-refractivity contribution in [2.75, 3.05) is 18.2 Å². The maximum Gasteiger partial charge on any atom is 0.287 e. The number of carbonyl (C=O) groups excluding carboxylic acids is 2. The highest BCUT2D eigenvalue weighted by Gasteiger charge is 2.30. The third-order valence-electron chi connectivity index (χ3n) is 8.70. The number of hydrogen-bond donors (Lipinski definition) is 1. The average molecular weight is 602 g/mol. The Morgan fingerprint density at radius 1 is 0.867 bits per heavy atom. The van der Waals surface area contributed by atoms with Crippen molar-refractivity contribution < 1.29 is 18.8 Å². The minimum atomic E-state index is -0.262. The molecular weight excluding hydrogens is 566 g/mol. The van der Waals surface area contributed by atoms with Crippen LogP contribution in [0.15, 0.2) is 77.2 Å². The molecule has 2 heterocycles. The van der Waals surface area contributed by atoms with E-state index >= 15 is 0 Å². The summed E-state index contributed by atoms with van der Waals surface area (Å²) in [6.07, 6.45) is 6.45. The van der Waals surface area contributed by atoms with Gasteiger partial charge in [-0.1, -0.05) is 31.4 Å².